The highest BCUT2D eigenvalue weighted by Crippen LogP contribution is 2.28. The molecule has 0 aliphatic rings. The Bertz CT molecular complexity index is 339. The highest BCUT2D eigenvalue weighted by molar-refractivity contribution is 6.39. The molecule has 0 saturated heterocycles. The van der Waals surface area contributed by atoms with Gasteiger partial charge in [0.1, 0.15) is 5.82 Å². The fraction of sp³-hybridized carbons (Fsp3) is 0.125. The van der Waals surface area contributed by atoms with E-state index < -0.39 is 5.82 Å². The van der Waals surface area contributed by atoms with Gasteiger partial charge in [-0.05, 0) is 18.6 Å². The molecule has 0 saturated carbocycles. The van der Waals surface area contributed by atoms with E-state index >= 15 is 0 Å². The first-order valence-electron chi connectivity index (χ1n) is 3.39. The first-order valence-corrected chi connectivity index (χ1v) is 4.15. The third-order valence-corrected chi connectivity index (χ3v) is 2.44. The minimum absolute atomic E-state index is 0.145. The highest BCUT2D eigenvalue weighted by Gasteiger charge is 2.11. The van der Waals surface area contributed by atoms with Crippen LogP contribution in [-0.2, 0) is 0 Å². The van der Waals surface area contributed by atoms with E-state index in [-0.39, 0.29) is 15.6 Å². The summed E-state index contributed by atoms with van der Waals surface area (Å²) in [5.74, 6) is -0.585. The Labute approximate surface area is 84.6 Å². The molecule has 1 aromatic rings. The van der Waals surface area contributed by atoms with E-state index in [9.17, 15) is 4.39 Å². The van der Waals surface area contributed by atoms with Gasteiger partial charge < -0.3 is 5.21 Å². The second kappa shape index (κ2) is 3.94. The molecule has 0 aliphatic heterocycles. The minimum Gasteiger partial charge on any atom is -0.411 e. The molecule has 70 valence electrons. The summed E-state index contributed by atoms with van der Waals surface area (Å²) < 4.78 is 13.0. The van der Waals surface area contributed by atoms with Crippen LogP contribution in [0.25, 0.3) is 0 Å². The maximum absolute atomic E-state index is 13.0. The van der Waals surface area contributed by atoms with Crippen LogP contribution in [0.3, 0.4) is 0 Å². The van der Waals surface area contributed by atoms with Crippen molar-refractivity contribution in [3.63, 3.8) is 0 Å². The quantitative estimate of drug-likeness (QED) is 0.336. The van der Waals surface area contributed by atoms with Gasteiger partial charge in [0.2, 0.25) is 0 Å². The minimum atomic E-state index is -0.585. The Morgan fingerprint density at radius 1 is 1.46 bits per heavy atom. The van der Waals surface area contributed by atoms with Crippen molar-refractivity contribution in [1.29, 1.82) is 0 Å². The van der Waals surface area contributed by atoms with Gasteiger partial charge >= 0.3 is 0 Å². The van der Waals surface area contributed by atoms with E-state index in [1.807, 2.05) is 0 Å². The van der Waals surface area contributed by atoms with Gasteiger partial charge in [-0.25, -0.2) is 4.39 Å². The summed E-state index contributed by atoms with van der Waals surface area (Å²) in [4.78, 5) is 0. The summed E-state index contributed by atoms with van der Waals surface area (Å²) in [6.45, 7) is 1.64. The van der Waals surface area contributed by atoms with Crippen LogP contribution in [0.1, 0.15) is 11.1 Å². The Morgan fingerprint density at radius 2 is 2.08 bits per heavy atom. The number of hydrogen-bond donors (Lipinski definition) is 1. The summed E-state index contributed by atoms with van der Waals surface area (Å²) >= 11 is 11.4. The average Bonchev–Trinajstić information content (AvgIpc) is 2.09. The predicted molar refractivity (Wildman–Crippen MR) is 50.5 cm³/mol. The Morgan fingerprint density at radius 3 is 2.62 bits per heavy atom. The van der Waals surface area contributed by atoms with E-state index in [0.29, 0.717) is 5.56 Å². The smallest absolute Gasteiger partial charge is 0.142 e. The van der Waals surface area contributed by atoms with Crippen molar-refractivity contribution in [2.75, 3.05) is 0 Å². The van der Waals surface area contributed by atoms with Crippen molar-refractivity contribution < 1.29 is 9.60 Å². The molecule has 0 aromatic heterocycles. The van der Waals surface area contributed by atoms with Gasteiger partial charge in [-0.1, -0.05) is 28.4 Å². The number of halogens is 3. The lowest BCUT2D eigenvalue weighted by Crippen LogP contribution is -1.92. The first-order chi connectivity index (χ1) is 6.07. The SMILES string of the molecule is Cc1cc(F)c(Cl)c(C=NO)c1Cl. The van der Waals surface area contributed by atoms with Gasteiger partial charge in [0, 0.05) is 5.56 Å². The molecule has 0 radical (unpaired) electrons. The van der Waals surface area contributed by atoms with Gasteiger partial charge in [0.15, 0.2) is 0 Å². The molecule has 2 nitrogen and oxygen atoms in total. The summed E-state index contributed by atoms with van der Waals surface area (Å²) in [5, 5.41) is 11.2. The van der Waals surface area contributed by atoms with E-state index in [4.69, 9.17) is 28.4 Å². The average molecular weight is 222 g/mol. The van der Waals surface area contributed by atoms with Gasteiger partial charge in [0.25, 0.3) is 0 Å². The number of oxime groups is 1. The zero-order valence-electron chi connectivity index (χ0n) is 6.68. The number of rotatable bonds is 1. The second-order valence-corrected chi connectivity index (χ2v) is 3.22. The molecule has 0 atom stereocenters. The first kappa shape index (κ1) is 10.3. The van der Waals surface area contributed by atoms with Gasteiger partial charge in [-0.15, -0.1) is 0 Å². The molecule has 0 fully saturated rings. The van der Waals surface area contributed by atoms with Crippen LogP contribution >= 0.6 is 23.2 Å². The predicted octanol–water partition coefficient (Wildman–Crippen LogP) is 3.25. The molecule has 0 aliphatic carbocycles. The topological polar surface area (TPSA) is 32.6 Å². The van der Waals surface area contributed by atoms with Crippen molar-refractivity contribution >= 4 is 29.4 Å². The molecular formula is C8H6Cl2FNO. The molecule has 0 unspecified atom stereocenters. The molecule has 13 heavy (non-hydrogen) atoms. The van der Waals surface area contributed by atoms with Crippen LogP contribution in [0.5, 0.6) is 0 Å². The second-order valence-electron chi connectivity index (χ2n) is 2.46. The molecule has 1 N–H and O–H groups in total. The van der Waals surface area contributed by atoms with Gasteiger partial charge in [0.05, 0.1) is 16.3 Å². The maximum Gasteiger partial charge on any atom is 0.142 e. The molecule has 0 heterocycles. The van der Waals surface area contributed by atoms with E-state index in [0.717, 1.165) is 6.21 Å². The molecule has 5 heteroatoms. The van der Waals surface area contributed by atoms with Crippen molar-refractivity contribution in [3.8, 4) is 0 Å². The van der Waals surface area contributed by atoms with Crippen LogP contribution in [0.15, 0.2) is 11.2 Å². The molecule has 0 bridgehead atoms. The van der Waals surface area contributed by atoms with Crippen LogP contribution in [0, 0.1) is 12.7 Å². The molecular weight excluding hydrogens is 216 g/mol. The monoisotopic (exact) mass is 221 g/mol. The standard InChI is InChI=1S/C8H6Cl2FNO/c1-4-2-6(11)8(10)5(3-12-13)7(4)9/h2-3,13H,1H3. The summed E-state index contributed by atoms with van der Waals surface area (Å²) in [7, 11) is 0. The Balaban J connectivity index is 3.46. The third kappa shape index (κ3) is 1.92. The zero-order chi connectivity index (χ0) is 10.0. The largest absolute Gasteiger partial charge is 0.411 e. The highest BCUT2D eigenvalue weighted by atomic mass is 35.5. The number of nitrogens with zero attached hydrogens (tertiary/aromatic N) is 1. The summed E-state index contributed by atoms with van der Waals surface area (Å²) in [5.41, 5.74) is 0.724. The van der Waals surface area contributed by atoms with E-state index in [1.165, 1.54) is 6.07 Å². The number of aryl methyl sites for hydroxylation is 1. The lowest BCUT2D eigenvalue weighted by Gasteiger charge is -2.04. The van der Waals surface area contributed by atoms with Gasteiger partial charge in [-0.3, -0.25) is 0 Å². The van der Waals surface area contributed by atoms with Crippen LogP contribution < -0.4 is 0 Å². The van der Waals surface area contributed by atoms with E-state index in [2.05, 4.69) is 5.16 Å². The van der Waals surface area contributed by atoms with Crippen LogP contribution in [0.2, 0.25) is 10.0 Å². The Hall–Kier alpha value is -0.800. The van der Waals surface area contributed by atoms with Crippen molar-refractivity contribution in [2.24, 2.45) is 5.16 Å². The fourth-order valence-corrected chi connectivity index (χ4v) is 1.37. The van der Waals surface area contributed by atoms with Crippen LogP contribution in [-0.4, -0.2) is 11.4 Å². The molecule has 1 rings (SSSR count). The van der Waals surface area contributed by atoms with Crippen molar-refractivity contribution in [1.82, 2.24) is 0 Å². The summed E-state index contributed by atoms with van der Waals surface area (Å²) in [6, 6.07) is 1.22. The van der Waals surface area contributed by atoms with E-state index in [1.54, 1.807) is 6.92 Å². The van der Waals surface area contributed by atoms with Crippen molar-refractivity contribution in [2.45, 2.75) is 6.92 Å². The Kier molecular flexibility index (Phi) is 3.12. The van der Waals surface area contributed by atoms with Crippen LogP contribution in [0.4, 0.5) is 4.39 Å². The lowest BCUT2D eigenvalue weighted by atomic mass is 10.1. The molecule has 1 aromatic carbocycles. The number of hydrogen-bond acceptors (Lipinski definition) is 2. The normalized spacial score (nSPS) is 11.1. The maximum atomic E-state index is 13.0. The fourth-order valence-electron chi connectivity index (χ4n) is 0.925. The summed E-state index contributed by atoms with van der Waals surface area (Å²) in [6.07, 6.45) is 1.00. The zero-order valence-corrected chi connectivity index (χ0v) is 8.19. The molecule has 0 spiro atoms. The molecule has 0 amide bonds. The van der Waals surface area contributed by atoms with Gasteiger partial charge in [-0.2, -0.15) is 0 Å². The number of benzene rings is 1. The lowest BCUT2D eigenvalue weighted by molar-refractivity contribution is 0.322. The third-order valence-electron chi connectivity index (χ3n) is 1.56. The van der Waals surface area contributed by atoms with Crippen molar-refractivity contribution in [3.05, 3.63) is 33.1 Å².